The molecule has 0 spiro atoms. The van der Waals surface area contributed by atoms with Crippen LogP contribution in [0.5, 0.6) is 5.75 Å². The van der Waals surface area contributed by atoms with Crippen molar-refractivity contribution in [2.24, 2.45) is 0 Å². The number of carbonyl (C=O) groups is 1. The van der Waals surface area contributed by atoms with E-state index in [1.807, 2.05) is 0 Å². The lowest BCUT2D eigenvalue weighted by atomic mass is 10.0. The topological polar surface area (TPSA) is 53.3 Å². The molecule has 0 aliphatic carbocycles. The van der Waals surface area contributed by atoms with Crippen LogP contribution in [-0.4, -0.2) is 30.5 Å². The Morgan fingerprint density at radius 1 is 1.47 bits per heavy atom. The van der Waals surface area contributed by atoms with Crippen LogP contribution in [0.25, 0.3) is 0 Å². The molecule has 0 heterocycles. The fourth-order valence-electron chi connectivity index (χ4n) is 1.28. The van der Waals surface area contributed by atoms with Crippen molar-refractivity contribution in [2.75, 3.05) is 14.2 Å². The predicted octanol–water partition coefficient (Wildman–Crippen LogP) is 2.07. The highest BCUT2D eigenvalue weighted by atomic mass is 16.5. The zero-order chi connectivity index (χ0) is 13.1. The van der Waals surface area contributed by atoms with Gasteiger partial charge in [0.2, 0.25) is 0 Å². The van der Waals surface area contributed by atoms with E-state index in [1.54, 1.807) is 52.3 Å². The summed E-state index contributed by atoms with van der Waals surface area (Å²) in [6.07, 6.45) is 0. The highest BCUT2D eigenvalue weighted by Gasteiger charge is 2.28. The summed E-state index contributed by atoms with van der Waals surface area (Å²) in [6, 6.07) is 8.98. The molecule has 0 unspecified atom stereocenters. The van der Waals surface area contributed by atoms with Gasteiger partial charge in [-0.1, -0.05) is 6.07 Å². The van der Waals surface area contributed by atoms with E-state index in [9.17, 15) is 4.79 Å². The van der Waals surface area contributed by atoms with Crippen LogP contribution in [0.15, 0.2) is 24.3 Å². The van der Waals surface area contributed by atoms with E-state index in [-0.39, 0.29) is 5.91 Å². The summed E-state index contributed by atoms with van der Waals surface area (Å²) in [7, 11) is 3.16. The highest BCUT2D eigenvalue weighted by molar-refractivity contribution is 5.95. The Morgan fingerprint density at radius 2 is 2.12 bits per heavy atom. The average molecular weight is 232 g/mol. The number of nitriles is 1. The number of amides is 1. The van der Waals surface area contributed by atoms with E-state index in [0.717, 1.165) is 0 Å². The molecule has 0 atom stereocenters. The van der Waals surface area contributed by atoms with Crippen molar-refractivity contribution in [1.82, 2.24) is 4.90 Å². The summed E-state index contributed by atoms with van der Waals surface area (Å²) in [5.74, 6) is 0.425. The number of hydrogen-bond donors (Lipinski definition) is 0. The van der Waals surface area contributed by atoms with E-state index < -0.39 is 5.54 Å². The number of methoxy groups -OCH3 is 1. The minimum Gasteiger partial charge on any atom is -0.497 e. The van der Waals surface area contributed by atoms with Gasteiger partial charge in [-0.2, -0.15) is 5.26 Å². The molecule has 0 saturated carbocycles. The fourth-order valence-corrected chi connectivity index (χ4v) is 1.28. The van der Waals surface area contributed by atoms with Crippen LogP contribution in [0.3, 0.4) is 0 Å². The van der Waals surface area contributed by atoms with Crippen LogP contribution in [-0.2, 0) is 0 Å². The van der Waals surface area contributed by atoms with Crippen LogP contribution in [0.4, 0.5) is 0 Å². The van der Waals surface area contributed by atoms with Crippen molar-refractivity contribution in [2.45, 2.75) is 19.4 Å². The SMILES string of the molecule is COc1cccc(C(=O)N(C)C(C)(C)C#N)c1. The number of carbonyl (C=O) groups excluding carboxylic acids is 1. The highest BCUT2D eigenvalue weighted by Crippen LogP contribution is 2.18. The zero-order valence-corrected chi connectivity index (χ0v) is 10.5. The second kappa shape index (κ2) is 4.88. The fraction of sp³-hybridized carbons (Fsp3) is 0.385. The van der Waals surface area contributed by atoms with Crippen molar-refractivity contribution in [3.8, 4) is 11.8 Å². The van der Waals surface area contributed by atoms with E-state index >= 15 is 0 Å². The Morgan fingerprint density at radius 3 is 2.65 bits per heavy atom. The molecule has 0 aromatic heterocycles. The van der Waals surface area contributed by atoms with Gasteiger partial charge in [0.15, 0.2) is 0 Å². The maximum absolute atomic E-state index is 12.1. The quantitative estimate of drug-likeness (QED) is 0.801. The molecule has 0 N–H and O–H groups in total. The monoisotopic (exact) mass is 232 g/mol. The third kappa shape index (κ3) is 2.76. The first-order chi connectivity index (χ1) is 7.92. The maximum atomic E-state index is 12.1. The van der Waals surface area contributed by atoms with Gasteiger partial charge in [0.05, 0.1) is 13.2 Å². The molecule has 1 aromatic rings. The molecule has 0 fully saturated rings. The molecular formula is C13H16N2O2. The molecule has 90 valence electrons. The third-order valence-electron chi connectivity index (χ3n) is 2.73. The van der Waals surface area contributed by atoms with E-state index in [1.165, 1.54) is 4.90 Å². The number of ether oxygens (including phenoxy) is 1. The number of nitrogens with zero attached hydrogens (tertiary/aromatic N) is 2. The first-order valence-electron chi connectivity index (χ1n) is 5.26. The second-order valence-electron chi connectivity index (χ2n) is 4.27. The van der Waals surface area contributed by atoms with Gasteiger partial charge in [-0.15, -0.1) is 0 Å². The molecule has 17 heavy (non-hydrogen) atoms. The Balaban J connectivity index is 3.01. The molecule has 0 saturated heterocycles. The smallest absolute Gasteiger partial charge is 0.254 e. The van der Waals surface area contributed by atoms with Crippen LogP contribution in [0, 0.1) is 11.3 Å². The molecule has 1 amide bonds. The first-order valence-corrected chi connectivity index (χ1v) is 5.26. The van der Waals surface area contributed by atoms with E-state index in [0.29, 0.717) is 11.3 Å². The molecule has 0 aliphatic heterocycles. The largest absolute Gasteiger partial charge is 0.497 e. The Kier molecular flexibility index (Phi) is 3.74. The molecule has 4 nitrogen and oxygen atoms in total. The van der Waals surface area contributed by atoms with Gasteiger partial charge in [0, 0.05) is 12.6 Å². The van der Waals surface area contributed by atoms with E-state index in [2.05, 4.69) is 6.07 Å². The van der Waals surface area contributed by atoms with Crippen molar-refractivity contribution < 1.29 is 9.53 Å². The molecular weight excluding hydrogens is 216 g/mol. The van der Waals surface area contributed by atoms with Gasteiger partial charge in [0.25, 0.3) is 5.91 Å². The lowest BCUT2D eigenvalue weighted by Crippen LogP contribution is -2.43. The van der Waals surface area contributed by atoms with Crippen LogP contribution >= 0.6 is 0 Å². The minimum absolute atomic E-state index is 0.199. The lowest BCUT2D eigenvalue weighted by Gasteiger charge is -2.29. The van der Waals surface area contributed by atoms with Gasteiger partial charge >= 0.3 is 0 Å². The zero-order valence-electron chi connectivity index (χ0n) is 10.5. The summed E-state index contributed by atoms with van der Waals surface area (Å²) >= 11 is 0. The van der Waals surface area contributed by atoms with Crippen LogP contribution in [0.2, 0.25) is 0 Å². The molecule has 0 radical (unpaired) electrons. The molecule has 4 heteroatoms. The second-order valence-corrected chi connectivity index (χ2v) is 4.27. The average Bonchev–Trinajstić information content (AvgIpc) is 2.37. The maximum Gasteiger partial charge on any atom is 0.254 e. The Hall–Kier alpha value is -2.02. The standard InChI is InChI=1S/C13H16N2O2/c1-13(2,9-14)15(3)12(16)10-6-5-7-11(8-10)17-4/h5-8H,1-4H3. The summed E-state index contributed by atoms with van der Waals surface area (Å²) in [4.78, 5) is 13.6. The molecule has 1 aromatic carbocycles. The van der Waals surface area contributed by atoms with Gasteiger partial charge in [-0.3, -0.25) is 4.79 Å². The van der Waals surface area contributed by atoms with E-state index in [4.69, 9.17) is 10.00 Å². The van der Waals surface area contributed by atoms with Crippen molar-refractivity contribution in [3.05, 3.63) is 29.8 Å². The molecule has 0 bridgehead atoms. The summed E-state index contributed by atoms with van der Waals surface area (Å²) < 4.78 is 5.06. The summed E-state index contributed by atoms with van der Waals surface area (Å²) in [5.41, 5.74) is -0.324. The van der Waals surface area contributed by atoms with Gasteiger partial charge < -0.3 is 9.64 Å². The summed E-state index contributed by atoms with van der Waals surface area (Å²) in [6.45, 7) is 3.40. The Labute approximate surface area is 101 Å². The van der Waals surface area contributed by atoms with Gasteiger partial charge in [0.1, 0.15) is 11.3 Å². The minimum atomic E-state index is -0.833. The normalized spacial score (nSPS) is 10.5. The number of hydrogen-bond acceptors (Lipinski definition) is 3. The predicted molar refractivity (Wildman–Crippen MR) is 64.8 cm³/mol. The van der Waals surface area contributed by atoms with Crippen molar-refractivity contribution in [1.29, 1.82) is 5.26 Å². The Bertz CT molecular complexity index is 461. The van der Waals surface area contributed by atoms with Gasteiger partial charge in [-0.05, 0) is 32.0 Å². The number of benzene rings is 1. The number of rotatable bonds is 3. The molecule has 1 rings (SSSR count). The van der Waals surface area contributed by atoms with Gasteiger partial charge in [-0.25, -0.2) is 0 Å². The third-order valence-corrected chi connectivity index (χ3v) is 2.73. The lowest BCUT2D eigenvalue weighted by molar-refractivity contribution is 0.0698. The summed E-state index contributed by atoms with van der Waals surface area (Å²) in [5, 5.41) is 8.99. The van der Waals surface area contributed by atoms with Crippen molar-refractivity contribution in [3.63, 3.8) is 0 Å². The van der Waals surface area contributed by atoms with Crippen LogP contribution < -0.4 is 4.74 Å². The molecule has 0 aliphatic rings. The van der Waals surface area contributed by atoms with Crippen molar-refractivity contribution >= 4 is 5.91 Å². The first kappa shape index (κ1) is 13.0. The van der Waals surface area contributed by atoms with Crippen LogP contribution in [0.1, 0.15) is 24.2 Å².